The fourth-order valence-corrected chi connectivity index (χ4v) is 2.09. The summed E-state index contributed by atoms with van der Waals surface area (Å²) in [6, 6.07) is 8.06. The topological polar surface area (TPSA) is 53.1 Å². The maximum Gasteiger partial charge on any atom is 0.119 e. The fraction of sp³-hybridized carbons (Fsp3) is 0.400. The van der Waals surface area contributed by atoms with Crippen molar-refractivity contribution in [1.82, 2.24) is 9.78 Å². The van der Waals surface area contributed by atoms with Crippen molar-refractivity contribution in [2.45, 2.75) is 25.8 Å². The molecule has 0 fully saturated rings. The summed E-state index contributed by atoms with van der Waals surface area (Å²) < 4.78 is 7.31. The van der Waals surface area contributed by atoms with Gasteiger partial charge in [-0.25, -0.2) is 0 Å². The third kappa shape index (κ3) is 3.83. The Labute approximate surface area is 114 Å². The smallest absolute Gasteiger partial charge is 0.119 e. The van der Waals surface area contributed by atoms with Crippen molar-refractivity contribution in [2.75, 3.05) is 6.61 Å². The van der Waals surface area contributed by atoms with E-state index in [0.29, 0.717) is 6.61 Å². The van der Waals surface area contributed by atoms with E-state index in [2.05, 4.69) is 11.2 Å². The van der Waals surface area contributed by atoms with Gasteiger partial charge in [0.2, 0.25) is 0 Å². The van der Waals surface area contributed by atoms with Gasteiger partial charge in [0.1, 0.15) is 5.75 Å². The number of hydrogen-bond acceptors (Lipinski definition) is 3. The van der Waals surface area contributed by atoms with E-state index in [9.17, 15) is 0 Å². The molecule has 0 saturated heterocycles. The second kappa shape index (κ2) is 6.38. The molecule has 0 aliphatic heterocycles. The molecular formula is C15H21N3O. The number of ether oxygens (including phenoxy) is 1. The SMILES string of the molecule is CCOc1cccc(C(N)CCc2cnn(C)c2)c1. The first-order valence-electron chi connectivity index (χ1n) is 6.65. The molecule has 1 heterocycles. The van der Waals surface area contributed by atoms with Gasteiger partial charge >= 0.3 is 0 Å². The number of rotatable bonds is 6. The van der Waals surface area contributed by atoms with E-state index in [1.54, 1.807) is 0 Å². The number of benzene rings is 1. The Kier molecular flexibility index (Phi) is 4.58. The molecule has 0 spiro atoms. The number of aromatic nitrogens is 2. The van der Waals surface area contributed by atoms with Gasteiger partial charge in [0.25, 0.3) is 0 Å². The van der Waals surface area contributed by atoms with Crippen molar-refractivity contribution in [1.29, 1.82) is 0 Å². The zero-order valence-electron chi connectivity index (χ0n) is 11.5. The predicted octanol–water partition coefficient (Wildman–Crippen LogP) is 2.45. The molecule has 1 unspecified atom stereocenters. The van der Waals surface area contributed by atoms with Crippen LogP contribution in [0.4, 0.5) is 0 Å². The quantitative estimate of drug-likeness (QED) is 0.867. The summed E-state index contributed by atoms with van der Waals surface area (Å²) in [7, 11) is 1.93. The molecule has 2 rings (SSSR count). The summed E-state index contributed by atoms with van der Waals surface area (Å²) in [6.45, 7) is 2.66. The monoisotopic (exact) mass is 259 g/mol. The van der Waals surface area contributed by atoms with E-state index in [0.717, 1.165) is 24.2 Å². The van der Waals surface area contributed by atoms with Crippen LogP contribution < -0.4 is 10.5 Å². The summed E-state index contributed by atoms with van der Waals surface area (Å²) >= 11 is 0. The van der Waals surface area contributed by atoms with Gasteiger partial charge in [-0.2, -0.15) is 5.10 Å². The average Bonchev–Trinajstić information content (AvgIpc) is 2.82. The van der Waals surface area contributed by atoms with Crippen LogP contribution in [0.25, 0.3) is 0 Å². The number of nitrogens with two attached hydrogens (primary N) is 1. The van der Waals surface area contributed by atoms with Gasteiger partial charge < -0.3 is 10.5 Å². The van der Waals surface area contributed by atoms with Gasteiger partial charge in [0.15, 0.2) is 0 Å². The van der Waals surface area contributed by atoms with Crippen molar-refractivity contribution in [3.8, 4) is 5.75 Å². The first kappa shape index (κ1) is 13.6. The van der Waals surface area contributed by atoms with Gasteiger partial charge in [-0.15, -0.1) is 0 Å². The standard InChI is InChI=1S/C15H21N3O/c1-3-19-14-6-4-5-13(9-14)15(16)8-7-12-10-17-18(2)11-12/h4-6,9-11,15H,3,7-8,16H2,1-2H3. The van der Waals surface area contributed by atoms with E-state index in [1.165, 1.54) is 5.56 Å². The van der Waals surface area contributed by atoms with Gasteiger partial charge in [-0.05, 0) is 43.0 Å². The maximum absolute atomic E-state index is 6.23. The Morgan fingerprint density at radius 1 is 1.42 bits per heavy atom. The van der Waals surface area contributed by atoms with Gasteiger partial charge in [0.05, 0.1) is 12.8 Å². The lowest BCUT2D eigenvalue weighted by atomic mass is 10.0. The van der Waals surface area contributed by atoms with Crippen LogP contribution in [-0.2, 0) is 13.5 Å². The zero-order chi connectivity index (χ0) is 13.7. The lowest BCUT2D eigenvalue weighted by Gasteiger charge is -2.13. The molecule has 0 bridgehead atoms. The van der Waals surface area contributed by atoms with Crippen molar-refractivity contribution in [2.24, 2.45) is 12.8 Å². The van der Waals surface area contributed by atoms with Crippen LogP contribution in [0.2, 0.25) is 0 Å². The van der Waals surface area contributed by atoms with Crippen molar-refractivity contribution in [3.05, 3.63) is 47.8 Å². The van der Waals surface area contributed by atoms with Crippen LogP contribution in [0.5, 0.6) is 5.75 Å². The minimum Gasteiger partial charge on any atom is -0.494 e. The number of hydrogen-bond donors (Lipinski definition) is 1. The molecule has 19 heavy (non-hydrogen) atoms. The second-order valence-electron chi connectivity index (χ2n) is 4.67. The van der Waals surface area contributed by atoms with Crippen LogP contribution in [0, 0.1) is 0 Å². The first-order chi connectivity index (χ1) is 9.19. The fourth-order valence-electron chi connectivity index (χ4n) is 2.09. The second-order valence-corrected chi connectivity index (χ2v) is 4.67. The molecule has 102 valence electrons. The molecule has 2 aromatic rings. The molecular weight excluding hydrogens is 238 g/mol. The molecule has 1 atom stereocenters. The van der Waals surface area contributed by atoms with E-state index in [4.69, 9.17) is 10.5 Å². The third-order valence-corrected chi connectivity index (χ3v) is 3.10. The van der Waals surface area contributed by atoms with Crippen molar-refractivity contribution < 1.29 is 4.74 Å². The van der Waals surface area contributed by atoms with Crippen molar-refractivity contribution in [3.63, 3.8) is 0 Å². The van der Waals surface area contributed by atoms with Crippen LogP contribution in [0.15, 0.2) is 36.7 Å². The molecule has 0 saturated carbocycles. The average molecular weight is 259 g/mol. The summed E-state index contributed by atoms with van der Waals surface area (Å²) in [6.07, 6.45) is 5.77. The Hall–Kier alpha value is -1.81. The first-order valence-corrected chi connectivity index (χ1v) is 6.65. The maximum atomic E-state index is 6.23. The lowest BCUT2D eigenvalue weighted by Crippen LogP contribution is -2.11. The molecule has 2 N–H and O–H groups in total. The van der Waals surface area contributed by atoms with Crippen LogP contribution >= 0.6 is 0 Å². The molecule has 1 aromatic carbocycles. The van der Waals surface area contributed by atoms with E-state index < -0.39 is 0 Å². The van der Waals surface area contributed by atoms with Crippen LogP contribution in [0.3, 0.4) is 0 Å². The Morgan fingerprint density at radius 3 is 2.95 bits per heavy atom. The highest BCUT2D eigenvalue weighted by Crippen LogP contribution is 2.21. The molecule has 1 aromatic heterocycles. The lowest BCUT2D eigenvalue weighted by molar-refractivity contribution is 0.339. The summed E-state index contributed by atoms with van der Waals surface area (Å²) in [5.74, 6) is 0.886. The van der Waals surface area contributed by atoms with Crippen molar-refractivity contribution >= 4 is 0 Å². The number of aryl methyl sites for hydroxylation is 2. The predicted molar refractivity (Wildman–Crippen MR) is 76.1 cm³/mol. The third-order valence-electron chi connectivity index (χ3n) is 3.10. The molecule has 4 nitrogen and oxygen atoms in total. The van der Waals surface area contributed by atoms with Crippen LogP contribution in [0.1, 0.15) is 30.5 Å². The Morgan fingerprint density at radius 2 is 2.26 bits per heavy atom. The summed E-state index contributed by atoms with van der Waals surface area (Å²) in [4.78, 5) is 0. The highest BCUT2D eigenvalue weighted by molar-refractivity contribution is 5.30. The normalized spacial score (nSPS) is 12.4. The van der Waals surface area contributed by atoms with E-state index >= 15 is 0 Å². The highest BCUT2D eigenvalue weighted by Gasteiger charge is 2.08. The van der Waals surface area contributed by atoms with Gasteiger partial charge in [0, 0.05) is 19.3 Å². The summed E-state index contributed by atoms with van der Waals surface area (Å²) in [5, 5.41) is 4.16. The molecule has 0 amide bonds. The molecule has 4 heteroatoms. The summed E-state index contributed by atoms with van der Waals surface area (Å²) in [5.41, 5.74) is 8.57. The largest absolute Gasteiger partial charge is 0.494 e. The molecule has 0 aliphatic carbocycles. The molecule has 0 aliphatic rings. The van der Waals surface area contributed by atoms with E-state index in [-0.39, 0.29) is 6.04 Å². The zero-order valence-corrected chi connectivity index (χ0v) is 11.5. The van der Waals surface area contributed by atoms with Gasteiger partial charge in [-0.3, -0.25) is 4.68 Å². The number of nitrogens with zero attached hydrogens (tertiary/aromatic N) is 2. The van der Waals surface area contributed by atoms with Gasteiger partial charge in [-0.1, -0.05) is 12.1 Å². The Bertz CT molecular complexity index is 522. The highest BCUT2D eigenvalue weighted by atomic mass is 16.5. The minimum atomic E-state index is 0.0283. The van der Waals surface area contributed by atoms with E-state index in [1.807, 2.05) is 49.2 Å². The van der Waals surface area contributed by atoms with Crippen LogP contribution in [-0.4, -0.2) is 16.4 Å². The molecule has 0 radical (unpaired) electrons. The minimum absolute atomic E-state index is 0.0283. The Balaban J connectivity index is 1.95.